The Morgan fingerprint density at radius 2 is 2.06 bits per heavy atom. The first-order chi connectivity index (χ1) is 15.2. The fraction of sp³-hybridized carbons (Fsp3) is 0.417. The molecule has 1 aliphatic rings. The maximum Gasteiger partial charge on any atom is 0.390 e. The van der Waals surface area contributed by atoms with E-state index in [4.69, 9.17) is 0 Å². The minimum atomic E-state index is -4.25. The van der Waals surface area contributed by atoms with Gasteiger partial charge >= 0.3 is 6.18 Å². The molecule has 0 unspecified atom stereocenters. The van der Waals surface area contributed by atoms with Gasteiger partial charge in [-0.05, 0) is 55.4 Å². The highest BCUT2D eigenvalue weighted by Crippen LogP contribution is 2.34. The fourth-order valence-corrected chi connectivity index (χ4v) is 3.92. The van der Waals surface area contributed by atoms with Crippen molar-refractivity contribution in [3.05, 3.63) is 53.3 Å². The Morgan fingerprint density at radius 1 is 1.28 bits per heavy atom. The number of aliphatic hydroxyl groups is 1. The highest BCUT2D eigenvalue weighted by molar-refractivity contribution is 5.98. The molecule has 0 aliphatic heterocycles. The van der Waals surface area contributed by atoms with Crippen LogP contribution in [0.1, 0.15) is 47.2 Å². The molecule has 2 N–H and O–H groups in total. The van der Waals surface area contributed by atoms with Gasteiger partial charge in [-0.2, -0.15) is 13.2 Å². The second kappa shape index (κ2) is 8.94. The van der Waals surface area contributed by atoms with Crippen LogP contribution in [0.3, 0.4) is 0 Å². The summed E-state index contributed by atoms with van der Waals surface area (Å²) in [5.41, 5.74) is 5.02. The molecule has 2 aromatic heterocycles. The molecule has 0 radical (unpaired) electrons. The molecule has 1 fully saturated rings. The SMILES string of the molecule is Cc1cc(-c2cnc3c(NCCC(F)(F)F)cc(CCO)cn23)ccc1C(=O)CC1CC1. The zero-order valence-electron chi connectivity index (χ0n) is 17.9. The molecule has 1 aliphatic carbocycles. The van der Waals surface area contributed by atoms with Crippen LogP contribution < -0.4 is 5.32 Å². The Balaban J connectivity index is 1.66. The van der Waals surface area contributed by atoms with E-state index >= 15 is 0 Å². The van der Waals surface area contributed by atoms with Gasteiger partial charge in [0.25, 0.3) is 0 Å². The van der Waals surface area contributed by atoms with Crippen LogP contribution in [0.5, 0.6) is 0 Å². The number of carbonyl (C=O) groups excluding carboxylic acids is 1. The molecule has 0 bridgehead atoms. The number of aryl methyl sites for hydroxylation is 1. The van der Waals surface area contributed by atoms with Gasteiger partial charge in [0.05, 0.1) is 24.0 Å². The molecule has 8 heteroatoms. The molecule has 0 spiro atoms. The van der Waals surface area contributed by atoms with E-state index in [9.17, 15) is 23.1 Å². The zero-order valence-corrected chi connectivity index (χ0v) is 17.9. The van der Waals surface area contributed by atoms with Crippen LogP contribution in [0.4, 0.5) is 18.9 Å². The van der Waals surface area contributed by atoms with Crippen LogP contribution in [0.25, 0.3) is 16.9 Å². The lowest BCUT2D eigenvalue weighted by atomic mass is 9.98. The Labute approximate surface area is 184 Å². The van der Waals surface area contributed by atoms with Gasteiger partial charge < -0.3 is 10.4 Å². The minimum Gasteiger partial charge on any atom is -0.396 e. The number of ketones is 1. The predicted octanol–water partition coefficient (Wildman–Crippen LogP) is 5.19. The Morgan fingerprint density at radius 3 is 2.72 bits per heavy atom. The van der Waals surface area contributed by atoms with Gasteiger partial charge in [-0.25, -0.2) is 4.98 Å². The van der Waals surface area contributed by atoms with Crippen LogP contribution in [0.2, 0.25) is 0 Å². The summed E-state index contributed by atoms with van der Waals surface area (Å²) in [7, 11) is 0. The van der Waals surface area contributed by atoms with Gasteiger partial charge in [-0.1, -0.05) is 12.1 Å². The van der Waals surface area contributed by atoms with Gasteiger partial charge in [0.1, 0.15) is 0 Å². The number of nitrogens with one attached hydrogen (secondary N) is 1. The fourth-order valence-electron chi connectivity index (χ4n) is 3.92. The molecule has 2 heterocycles. The number of rotatable bonds is 9. The molecule has 0 atom stereocenters. The maximum absolute atomic E-state index is 12.6. The first kappa shape index (κ1) is 22.3. The van der Waals surface area contributed by atoms with E-state index in [1.54, 1.807) is 12.3 Å². The molecule has 170 valence electrons. The number of aromatic nitrogens is 2. The molecule has 1 aromatic carbocycles. The average Bonchev–Trinajstić information content (AvgIpc) is 3.42. The Kier molecular flexibility index (Phi) is 6.24. The highest BCUT2D eigenvalue weighted by Gasteiger charge is 2.27. The largest absolute Gasteiger partial charge is 0.396 e. The number of imidazole rings is 1. The summed E-state index contributed by atoms with van der Waals surface area (Å²) >= 11 is 0. The standard InChI is InChI=1S/C24H26F3N3O2/c1-15-10-18(4-5-19(15)22(32)12-16-2-3-16)21-13-29-23-20(28-8-7-24(25,26)27)11-17(6-9-31)14-30(21)23/h4-5,10-11,13-14,16,28,31H,2-3,6-9,12H2,1H3. The van der Waals surface area contributed by atoms with Gasteiger partial charge in [0.15, 0.2) is 11.4 Å². The second-order valence-electron chi connectivity index (χ2n) is 8.47. The number of Topliss-reactive ketones (excluding diaryl/α,β-unsaturated/α-hetero) is 1. The van der Waals surface area contributed by atoms with Crippen molar-refractivity contribution < 1.29 is 23.1 Å². The van der Waals surface area contributed by atoms with Gasteiger partial charge in [0, 0.05) is 36.9 Å². The quantitative estimate of drug-likeness (QED) is 0.445. The van der Waals surface area contributed by atoms with E-state index in [1.807, 2.05) is 35.7 Å². The van der Waals surface area contributed by atoms with Gasteiger partial charge in [-0.3, -0.25) is 9.20 Å². The molecule has 0 amide bonds. The van der Waals surface area contributed by atoms with Crippen molar-refractivity contribution in [3.8, 4) is 11.3 Å². The Hall–Kier alpha value is -2.87. The molecular formula is C24H26F3N3O2. The van der Waals surface area contributed by atoms with E-state index < -0.39 is 12.6 Å². The third-order valence-electron chi connectivity index (χ3n) is 5.78. The highest BCUT2D eigenvalue weighted by atomic mass is 19.4. The maximum atomic E-state index is 12.6. The van der Waals surface area contributed by atoms with Crippen molar-refractivity contribution >= 4 is 17.1 Å². The number of benzene rings is 1. The normalized spacial score (nSPS) is 14.2. The molecule has 1 saturated carbocycles. The first-order valence-corrected chi connectivity index (χ1v) is 10.8. The van der Waals surface area contributed by atoms with E-state index in [0.717, 1.165) is 40.8 Å². The third-order valence-corrected chi connectivity index (χ3v) is 5.78. The summed E-state index contributed by atoms with van der Waals surface area (Å²) in [5, 5.41) is 12.2. The van der Waals surface area contributed by atoms with Crippen LogP contribution in [0.15, 0.2) is 36.7 Å². The number of halogens is 3. The lowest BCUT2D eigenvalue weighted by Crippen LogP contribution is -2.15. The summed E-state index contributed by atoms with van der Waals surface area (Å²) in [4.78, 5) is 17.0. The number of hydrogen-bond donors (Lipinski definition) is 2. The number of alkyl halides is 3. The number of pyridine rings is 1. The van der Waals surface area contributed by atoms with Gasteiger partial charge in [-0.15, -0.1) is 0 Å². The van der Waals surface area contributed by atoms with Crippen molar-refractivity contribution in [1.29, 1.82) is 0 Å². The number of hydrogen-bond acceptors (Lipinski definition) is 4. The molecule has 3 aromatic rings. The van der Waals surface area contributed by atoms with E-state index in [0.29, 0.717) is 30.1 Å². The van der Waals surface area contributed by atoms with Crippen LogP contribution in [-0.2, 0) is 6.42 Å². The molecule has 4 rings (SSSR count). The van der Waals surface area contributed by atoms with Crippen molar-refractivity contribution in [2.75, 3.05) is 18.5 Å². The third kappa shape index (κ3) is 5.12. The Bertz CT molecular complexity index is 1130. The predicted molar refractivity (Wildman–Crippen MR) is 117 cm³/mol. The monoisotopic (exact) mass is 445 g/mol. The molecular weight excluding hydrogens is 419 g/mol. The summed E-state index contributed by atoms with van der Waals surface area (Å²) < 4.78 is 39.6. The van der Waals surface area contributed by atoms with Crippen molar-refractivity contribution in [2.45, 2.75) is 45.2 Å². The first-order valence-electron chi connectivity index (χ1n) is 10.8. The lowest BCUT2D eigenvalue weighted by Gasteiger charge is -2.13. The number of anilines is 1. The smallest absolute Gasteiger partial charge is 0.390 e. The molecule has 5 nitrogen and oxygen atoms in total. The van der Waals surface area contributed by atoms with Gasteiger partial charge in [0.2, 0.25) is 0 Å². The zero-order chi connectivity index (χ0) is 22.9. The number of aliphatic hydroxyl groups excluding tert-OH is 1. The summed E-state index contributed by atoms with van der Waals surface area (Å²) in [6.07, 6.45) is 1.52. The topological polar surface area (TPSA) is 66.6 Å². The number of fused-ring (bicyclic) bond motifs is 1. The van der Waals surface area contributed by atoms with Crippen LogP contribution >= 0.6 is 0 Å². The van der Waals surface area contributed by atoms with Crippen molar-refractivity contribution in [3.63, 3.8) is 0 Å². The number of carbonyl (C=O) groups is 1. The van der Waals surface area contributed by atoms with E-state index in [-0.39, 0.29) is 18.9 Å². The van der Waals surface area contributed by atoms with Crippen LogP contribution in [-0.4, -0.2) is 39.6 Å². The summed E-state index contributed by atoms with van der Waals surface area (Å²) in [6, 6.07) is 7.39. The second-order valence-corrected chi connectivity index (χ2v) is 8.47. The van der Waals surface area contributed by atoms with Crippen LogP contribution in [0, 0.1) is 12.8 Å². The summed E-state index contributed by atoms with van der Waals surface area (Å²) in [5.74, 6) is 0.685. The summed E-state index contributed by atoms with van der Waals surface area (Å²) in [6.45, 7) is 1.57. The van der Waals surface area contributed by atoms with E-state index in [2.05, 4.69) is 10.3 Å². The average molecular weight is 445 g/mol. The van der Waals surface area contributed by atoms with Crippen molar-refractivity contribution in [2.24, 2.45) is 5.92 Å². The molecule has 32 heavy (non-hydrogen) atoms. The molecule has 0 saturated heterocycles. The van der Waals surface area contributed by atoms with Crippen molar-refractivity contribution in [1.82, 2.24) is 9.38 Å². The minimum absolute atomic E-state index is 0.0750. The lowest BCUT2D eigenvalue weighted by molar-refractivity contribution is -0.131. The number of nitrogens with zero attached hydrogens (tertiary/aromatic N) is 2. The van der Waals surface area contributed by atoms with E-state index in [1.165, 1.54) is 0 Å².